The lowest BCUT2D eigenvalue weighted by molar-refractivity contribution is -0.131. The first-order valence-electron chi connectivity index (χ1n) is 6.25. The Morgan fingerprint density at radius 1 is 1.33 bits per heavy atom. The SMILES string of the molecule is CC(=O)C(C)(C)[C@@H](O)CCOCc1ccccc1. The van der Waals surface area contributed by atoms with Crippen LogP contribution in [0.15, 0.2) is 30.3 Å². The van der Waals surface area contributed by atoms with Gasteiger partial charge in [0.25, 0.3) is 0 Å². The number of benzene rings is 1. The van der Waals surface area contributed by atoms with E-state index in [0.29, 0.717) is 19.6 Å². The molecule has 0 radical (unpaired) electrons. The fraction of sp³-hybridized carbons (Fsp3) is 0.533. The number of carbonyl (C=O) groups is 1. The Bertz CT molecular complexity index is 371. The first-order valence-corrected chi connectivity index (χ1v) is 6.25. The molecule has 1 N–H and O–H groups in total. The van der Waals surface area contributed by atoms with Gasteiger partial charge in [0.1, 0.15) is 5.78 Å². The van der Waals surface area contributed by atoms with Gasteiger partial charge in [0.15, 0.2) is 0 Å². The van der Waals surface area contributed by atoms with E-state index in [0.717, 1.165) is 5.56 Å². The second-order valence-electron chi connectivity index (χ2n) is 5.12. The summed E-state index contributed by atoms with van der Waals surface area (Å²) in [6, 6.07) is 9.88. The second-order valence-corrected chi connectivity index (χ2v) is 5.12. The molecule has 3 nitrogen and oxygen atoms in total. The molecule has 1 atom stereocenters. The average Bonchev–Trinajstić information content (AvgIpc) is 2.35. The second kappa shape index (κ2) is 6.66. The van der Waals surface area contributed by atoms with Gasteiger partial charge in [-0.15, -0.1) is 0 Å². The lowest BCUT2D eigenvalue weighted by Gasteiger charge is -2.27. The molecule has 0 saturated heterocycles. The molecular weight excluding hydrogens is 228 g/mol. The summed E-state index contributed by atoms with van der Waals surface area (Å²) in [4.78, 5) is 11.4. The highest BCUT2D eigenvalue weighted by Crippen LogP contribution is 2.24. The average molecular weight is 250 g/mol. The molecule has 3 heteroatoms. The van der Waals surface area contributed by atoms with Gasteiger partial charge in [-0.1, -0.05) is 44.2 Å². The lowest BCUT2D eigenvalue weighted by Crippen LogP contribution is -2.36. The van der Waals surface area contributed by atoms with Crippen molar-refractivity contribution in [3.05, 3.63) is 35.9 Å². The topological polar surface area (TPSA) is 46.5 Å². The number of Topliss-reactive ketones (excluding diaryl/α,β-unsaturated/α-hetero) is 1. The van der Waals surface area contributed by atoms with Crippen LogP contribution in [0.5, 0.6) is 0 Å². The number of hydrogen-bond donors (Lipinski definition) is 1. The summed E-state index contributed by atoms with van der Waals surface area (Å²) >= 11 is 0. The van der Waals surface area contributed by atoms with E-state index < -0.39 is 11.5 Å². The van der Waals surface area contributed by atoms with E-state index in [4.69, 9.17) is 4.74 Å². The fourth-order valence-electron chi connectivity index (χ4n) is 1.55. The molecule has 0 aliphatic heterocycles. The standard InChI is InChI=1S/C15H22O3/c1-12(16)15(2,3)14(17)9-10-18-11-13-7-5-4-6-8-13/h4-8,14,17H,9-11H2,1-3H3/t14-/m0/s1. The maximum atomic E-state index is 11.4. The summed E-state index contributed by atoms with van der Waals surface area (Å²) in [6.07, 6.45) is -0.190. The first kappa shape index (κ1) is 14.9. The van der Waals surface area contributed by atoms with Crippen molar-refractivity contribution in [3.63, 3.8) is 0 Å². The Morgan fingerprint density at radius 3 is 2.50 bits per heavy atom. The van der Waals surface area contributed by atoms with Crippen molar-refractivity contribution in [1.29, 1.82) is 0 Å². The molecule has 0 bridgehead atoms. The van der Waals surface area contributed by atoms with Gasteiger partial charge in [0.2, 0.25) is 0 Å². The molecule has 0 amide bonds. The quantitative estimate of drug-likeness (QED) is 0.756. The number of aliphatic hydroxyl groups excluding tert-OH is 1. The molecule has 0 saturated carbocycles. The highest BCUT2D eigenvalue weighted by Gasteiger charge is 2.32. The van der Waals surface area contributed by atoms with Crippen LogP contribution in [-0.4, -0.2) is 23.6 Å². The Hall–Kier alpha value is -1.19. The zero-order chi connectivity index (χ0) is 13.6. The summed E-state index contributed by atoms with van der Waals surface area (Å²) in [5.41, 5.74) is 0.411. The zero-order valence-electron chi connectivity index (χ0n) is 11.3. The van der Waals surface area contributed by atoms with Crippen molar-refractivity contribution < 1.29 is 14.6 Å². The van der Waals surface area contributed by atoms with Crippen LogP contribution >= 0.6 is 0 Å². The molecule has 1 rings (SSSR count). The minimum absolute atomic E-state index is 0.00180. The van der Waals surface area contributed by atoms with Crippen molar-refractivity contribution in [2.45, 2.75) is 39.9 Å². The maximum absolute atomic E-state index is 11.4. The summed E-state index contributed by atoms with van der Waals surface area (Å²) in [5, 5.41) is 9.94. The van der Waals surface area contributed by atoms with Gasteiger partial charge in [-0.25, -0.2) is 0 Å². The van der Waals surface area contributed by atoms with Crippen molar-refractivity contribution in [2.75, 3.05) is 6.61 Å². The normalized spacial score (nSPS) is 13.3. The number of hydrogen-bond acceptors (Lipinski definition) is 3. The minimum atomic E-state index is -0.698. The van der Waals surface area contributed by atoms with Crippen LogP contribution in [0.4, 0.5) is 0 Å². The molecule has 0 aromatic heterocycles. The largest absolute Gasteiger partial charge is 0.392 e. The van der Waals surface area contributed by atoms with Crippen LogP contribution < -0.4 is 0 Å². The van der Waals surface area contributed by atoms with E-state index in [1.807, 2.05) is 30.3 Å². The third kappa shape index (κ3) is 4.24. The Labute approximate surface area is 109 Å². The van der Waals surface area contributed by atoms with Crippen molar-refractivity contribution >= 4 is 5.78 Å². The van der Waals surface area contributed by atoms with Gasteiger partial charge in [-0.05, 0) is 18.9 Å². The number of aliphatic hydroxyl groups is 1. The maximum Gasteiger partial charge on any atom is 0.137 e. The number of rotatable bonds is 7. The van der Waals surface area contributed by atoms with Gasteiger partial charge in [-0.2, -0.15) is 0 Å². The smallest absolute Gasteiger partial charge is 0.137 e. The van der Waals surface area contributed by atoms with Crippen LogP contribution in [0.1, 0.15) is 32.8 Å². The van der Waals surface area contributed by atoms with Crippen molar-refractivity contribution in [3.8, 4) is 0 Å². The van der Waals surface area contributed by atoms with Crippen LogP contribution in [0.3, 0.4) is 0 Å². The molecule has 0 spiro atoms. The van der Waals surface area contributed by atoms with Gasteiger partial charge < -0.3 is 9.84 Å². The molecule has 0 unspecified atom stereocenters. The Morgan fingerprint density at radius 2 is 1.94 bits per heavy atom. The molecule has 1 aromatic rings. The van der Waals surface area contributed by atoms with Gasteiger partial charge in [0.05, 0.1) is 12.7 Å². The number of carbonyl (C=O) groups excluding carboxylic acids is 1. The molecule has 100 valence electrons. The predicted octanol–water partition coefficient (Wildman–Crippen LogP) is 2.57. The van der Waals surface area contributed by atoms with Crippen LogP contribution in [0.2, 0.25) is 0 Å². The summed E-state index contributed by atoms with van der Waals surface area (Å²) in [7, 11) is 0. The van der Waals surface area contributed by atoms with E-state index in [-0.39, 0.29) is 5.78 Å². The summed E-state index contributed by atoms with van der Waals surface area (Å²) < 4.78 is 5.49. The number of ketones is 1. The lowest BCUT2D eigenvalue weighted by atomic mass is 9.81. The van der Waals surface area contributed by atoms with Crippen LogP contribution in [-0.2, 0) is 16.1 Å². The monoisotopic (exact) mass is 250 g/mol. The highest BCUT2D eigenvalue weighted by molar-refractivity contribution is 5.82. The minimum Gasteiger partial charge on any atom is -0.392 e. The van der Waals surface area contributed by atoms with E-state index in [1.165, 1.54) is 6.92 Å². The summed E-state index contributed by atoms with van der Waals surface area (Å²) in [5.74, 6) is -0.00180. The van der Waals surface area contributed by atoms with Gasteiger partial charge in [-0.3, -0.25) is 4.79 Å². The van der Waals surface area contributed by atoms with E-state index >= 15 is 0 Å². The number of ether oxygens (including phenoxy) is 1. The van der Waals surface area contributed by atoms with Gasteiger partial charge >= 0.3 is 0 Å². The molecule has 0 aliphatic rings. The zero-order valence-corrected chi connectivity index (χ0v) is 11.3. The van der Waals surface area contributed by atoms with E-state index in [1.54, 1.807) is 13.8 Å². The molecule has 0 fully saturated rings. The van der Waals surface area contributed by atoms with Crippen molar-refractivity contribution in [2.24, 2.45) is 5.41 Å². The molecule has 0 heterocycles. The highest BCUT2D eigenvalue weighted by atomic mass is 16.5. The van der Waals surface area contributed by atoms with Crippen LogP contribution in [0.25, 0.3) is 0 Å². The molecule has 18 heavy (non-hydrogen) atoms. The predicted molar refractivity (Wildman–Crippen MR) is 71.2 cm³/mol. The van der Waals surface area contributed by atoms with Crippen LogP contribution in [0, 0.1) is 5.41 Å². The Kier molecular flexibility index (Phi) is 5.51. The first-order chi connectivity index (χ1) is 8.44. The molecule has 1 aromatic carbocycles. The van der Waals surface area contributed by atoms with Crippen molar-refractivity contribution in [1.82, 2.24) is 0 Å². The third-order valence-electron chi connectivity index (χ3n) is 3.39. The van der Waals surface area contributed by atoms with E-state index in [9.17, 15) is 9.90 Å². The third-order valence-corrected chi connectivity index (χ3v) is 3.39. The summed E-state index contributed by atoms with van der Waals surface area (Å²) in [6.45, 7) is 6.02. The fourth-order valence-corrected chi connectivity index (χ4v) is 1.55. The molecule has 0 aliphatic carbocycles. The van der Waals surface area contributed by atoms with Gasteiger partial charge in [0, 0.05) is 12.0 Å². The Balaban J connectivity index is 2.28. The van der Waals surface area contributed by atoms with E-state index in [2.05, 4.69) is 0 Å². The molecular formula is C15H22O3.